The minimum absolute atomic E-state index is 0. The molecule has 2 N–H and O–H groups in total. The van der Waals surface area contributed by atoms with E-state index in [1.165, 1.54) is 0 Å². The van der Waals surface area contributed by atoms with Crippen molar-refractivity contribution in [1.82, 2.24) is 0 Å². The van der Waals surface area contributed by atoms with Gasteiger partial charge in [-0.2, -0.15) is 0 Å². The summed E-state index contributed by atoms with van der Waals surface area (Å²) in [4.78, 5) is 16.9. The first kappa shape index (κ1) is 9.71. The molecule has 0 saturated carbocycles. The Bertz CT molecular complexity index is 94.6. The fourth-order valence-electron chi connectivity index (χ4n) is 0.104. The summed E-state index contributed by atoms with van der Waals surface area (Å²) >= 11 is 0. The van der Waals surface area contributed by atoms with Crippen molar-refractivity contribution in [3.8, 4) is 0 Å². The summed E-state index contributed by atoms with van der Waals surface area (Å²) in [5.74, 6) is 0. The number of rotatable bonds is 1. The molecule has 0 amide bonds. The molecule has 1 fully saturated rings. The van der Waals surface area contributed by atoms with Crippen LogP contribution in [0.4, 0.5) is 0 Å². The number of hydrogen-bond acceptors (Lipinski definition) is 5. The summed E-state index contributed by atoms with van der Waals surface area (Å²) in [5.41, 5.74) is 0. The second-order valence-corrected chi connectivity index (χ2v) is 4.50. The second kappa shape index (κ2) is 2.39. The molecule has 48 valence electrons. The molecule has 0 aliphatic carbocycles. The molecule has 1 saturated heterocycles. The Kier molecular flexibility index (Phi) is 2.90. The average Bonchev–Trinajstić information content (AvgIpc) is 2.20. The van der Waals surface area contributed by atoms with Gasteiger partial charge < -0.3 is 0 Å². The Balaban J connectivity index is 0.000000490. The molecule has 1 heterocycles. The van der Waals surface area contributed by atoms with E-state index < -0.39 is 7.74 Å². The van der Waals surface area contributed by atoms with Gasteiger partial charge >= 0.3 is 79.3 Å². The Morgan fingerprint density at radius 3 is 1.75 bits per heavy atom. The normalized spacial score (nSPS) is 34.0. The van der Waals surface area contributed by atoms with Crippen LogP contribution in [0.2, 0.25) is 0 Å². The fourth-order valence-corrected chi connectivity index (χ4v) is 0.939. The zero-order valence-corrected chi connectivity index (χ0v) is 6.46. The van der Waals surface area contributed by atoms with Gasteiger partial charge in [-0.15, -0.1) is 0 Å². The van der Waals surface area contributed by atoms with Crippen LogP contribution < -0.4 is 0 Å². The Morgan fingerprint density at radius 2 is 1.75 bits per heavy atom. The minimum atomic E-state index is -4.26. The van der Waals surface area contributed by atoms with Gasteiger partial charge in [0.15, 0.2) is 0 Å². The molecule has 0 atom stereocenters. The Hall–Kier alpha value is 1.71. The molecule has 0 aromatic heterocycles. The van der Waals surface area contributed by atoms with Gasteiger partial charge in [-0.05, 0) is 0 Å². The monoisotopic (exact) mass is 186 g/mol. The maximum atomic E-state index is 8.46. The summed E-state index contributed by atoms with van der Waals surface area (Å²) in [5, 5.41) is 0. The zero-order chi connectivity index (χ0) is 5.57. The third-order valence-electron chi connectivity index (χ3n) is 0.581. The van der Waals surface area contributed by atoms with Crippen LogP contribution in [0.5, 0.6) is 0 Å². The molecule has 0 aromatic carbocycles. The van der Waals surface area contributed by atoms with Crippen molar-refractivity contribution >= 4 is 56.0 Å². The molecular formula is H7CaO5PSi. The molecule has 1 aliphatic heterocycles. The van der Waals surface area contributed by atoms with Crippen molar-refractivity contribution in [2.24, 2.45) is 0 Å². The van der Waals surface area contributed by atoms with Crippen LogP contribution in [0.15, 0.2) is 0 Å². The molecule has 5 nitrogen and oxygen atoms in total. The van der Waals surface area contributed by atoms with Crippen LogP contribution >= 0.6 is 7.74 Å². The predicted molar refractivity (Wildman–Crippen MR) is 33.1 cm³/mol. The van der Waals surface area contributed by atoms with E-state index >= 15 is 0 Å². The summed E-state index contributed by atoms with van der Waals surface area (Å²) in [7, 11) is -4.07. The van der Waals surface area contributed by atoms with Gasteiger partial charge in [-0.25, -0.2) is 0 Å². The van der Waals surface area contributed by atoms with E-state index in [0.717, 1.165) is 0 Å². The van der Waals surface area contributed by atoms with Crippen molar-refractivity contribution < 1.29 is 23.3 Å². The first-order valence-electron chi connectivity index (χ1n) is 1.52. The van der Waals surface area contributed by atoms with Gasteiger partial charge in [0.2, 0.25) is 0 Å². The van der Waals surface area contributed by atoms with Gasteiger partial charge in [0.05, 0.1) is 0 Å². The zero-order valence-electron chi connectivity index (χ0n) is 3.57. The molecule has 0 radical (unpaired) electrons. The van der Waals surface area contributed by atoms with E-state index in [4.69, 9.17) is 9.79 Å². The predicted octanol–water partition coefficient (Wildman–Crippen LogP) is -2.56. The summed E-state index contributed by atoms with van der Waals surface area (Å²) < 4.78 is 11.7. The summed E-state index contributed by atoms with van der Waals surface area (Å²) in [6.07, 6.45) is 0. The van der Waals surface area contributed by atoms with Crippen molar-refractivity contribution in [3.63, 3.8) is 0 Å². The first-order chi connectivity index (χ1) is 3.05. The average molecular weight is 186 g/mol. The quantitative estimate of drug-likeness (QED) is 0.204. The second-order valence-electron chi connectivity index (χ2n) is 1.13. The molecule has 0 unspecified atom stereocenters. The van der Waals surface area contributed by atoms with Crippen LogP contribution in [-0.4, -0.2) is 58.0 Å². The molecule has 1 aliphatic rings. The van der Waals surface area contributed by atoms with Gasteiger partial charge in [0.25, 0.3) is 0 Å². The van der Waals surface area contributed by atoms with Crippen molar-refractivity contribution in [2.75, 3.05) is 0 Å². The molecular weight excluding hydrogens is 179 g/mol. The fraction of sp³-hybridized carbons (Fsp3) is 0. The Morgan fingerprint density at radius 1 is 1.38 bits per heavy atom. The molecule has 0 aromatic rings. The Labute approximate surface area is 78.7 Å². The molecule has 1 rings (SSSR count). The molecule has 8 heavy (non-hydrogen) atoms. The van der Waals surface area contributed by atoms with Crippen molar-refractivity contribution in [3.05, 3.63) is 0 Å². The van der Waals surface area contributed by atoms with Gasteiger partial charge in [0, 0.05) is 0 Å². The van der Waals surface area contributed by atoms with Crippen molar-refractivity contribution in [2.45, 2.75) is 0 Å². The standard InChI is InChI=1S/Ca.H5O5PSi.2H/c;1-6(2,5-7)3-4-6;;/h;1-2H,7H3;;. The topological polar surface area (TPSA) is 74.8 Å². The third-order valence-corrected chi connectivity index (χ3v) is 3.62. The van der Waals surface area contributed by atoms with Crippen LogP contribution in [0.3, 0.4) is 0 Å². The van der Waals surface area contributed by atoms with Gasteiger partial charge in [-0.3, -0.25) is 0 Å². The van der Waals surface area contributed by atoms with Crippen LogP contribution in [0, 0.1) is 0 Å². The number of hydrogen-bond donors (Lipinski definition) is 2. The van der Waals surface area contributed by atoms with Gasteiger partial charge in [-0.1, -0.05) is 0 Å². The van der Waals surface area contributed by atoms with E-state index in [1.807, 2.05) is 0 Å². The van der Waals surface area contributed by atoms with E-state index in [2.05, 4.69) is 13.6 Å². The van der Waals surface area contributed by atoms with Crippen LogP contribution in [0.25, 0.3) is 0 Å². The van der Waals surface area contributed by atoms with E-state index in [0.29, 0.717) is 0 Å². The first-order valence-corrected chi connectivity index (χ1v) is 4.23. The summed E-state index contributed by atoms with van der Waals surface area (Å²) in [6.45, 7) is 0. The maximum absolute atomic E-state index is 8.46. The van der Waals surface area contributed by atoms with E-state index in [1.54, 1.807) is 0 Å². The molecule has 0 bridgehead atoms. The van der Waals surface area contributed by atoms with Crippen LogP contribution in [-0.2, 0) is 13.6 Å². The van der Waals surface area contributed by atoms with Crippen LogP contribution in [0.1, 0.15) is 0 Å². The van der Waals surface area contributed by atoms with E-state index in [9.17, 15) is 0 Å². The SMILES string of the molecule is OP1(O)(O[SiH3])OO1.[CaH2]. The van der Waals surface area contributed by atoms with E-state index in [-0.39, 0.29) is 48.2 Å². The van der Waals surface area contributed by atoms with Gasteiger partial charge in [0.1, 0.15) is 0 Å². The summed E-state index contributed by atoms with van der Waals surface area (Å²) in [6, 6.07) is 0. The van der Waals surface area contributed by atoms with Crippen molar-refractivity contribution in [1.29, 1.82) is 0 Å². The third kappa shape index (κ3) is 2.15. The molecule has 0 spiro atoms. The molecule has 8 heteroatoms.